The number of aryl methyl sites for hydroxylation is 3. The van der Waals surface area contributed by atoms with Gasteiger partial charge in [0.1, 0.15) is 5.82 Å². The lowest BCUT2D eigenvalue weighted by Crippen LogP contribution is -2.12. The van der Waals surface area contributed by atoms with E-state index in [4.69, 9.17) is 0 Å². The number of rotatable bonds is 5. The molecule has 0 aliphatic heterocycles. The number of benzene rings is 2. The van der Waals surface area contributed by atoms with E-state index in [2.05, 4.69) is 10.3 Å². The van der Waals surface area contributed by atoms with Gasteiger partial charge in [-0.15, -0.1) is 11.3 Å². The van der Waals surface area contributed by atoms with E-state index in [-0.39, 0.29) is 11.7 Å². The zero-order valence-corrected chi connectivity index (χ0v) is 15.0. The lowest BCUT2D eigenvalue weighted by molar-refractivity contribution is -0.116. The maximum atomic E-state index is 13.1. The van der Waals surface area contributed by atoms with Crippen molar-refractivity contribution in [3.63, 3.8) is 0 Å². The number of carbonyl (C=O) groups excluding carboxylic acids is 1. The third-order valence-corrected chi connectivity index (χ3v) is 4.81. The fourth-order valence-corrected chi connectivity index (χ4v) is 3.37. The molecule has 0 fully saturated rings. The van der Waals surface area contributed by atoms with Crippen LogP contribution in [0.1, 0.15) is 22.4 Å². The van der Waals surface area contributed by atoms with Crippen molar-refractivity contribution in [2.24, 2.45) is 0 Å². The molecule has 0 saturated heterocycles. The number of halogens is 1. The predicted molar refractivity (Wildman–Crippen MR) is 100 cm³/mol. The number of carbonyl (C=O) groups is 1. The second-order valence-corrected chi connectivity index (χ2v) is 7.17. The summed E-state index contributed by atoms with van der Waals surface area (Å²) in [6.07, 6.45) is 1.11. The smallest absolute Gasteiger partial charge is 0.226 e. The summed E-state index contributed by atoms with van der Waals surface area (Å²) in [5, 5.41) is 3.44. The topological polar surface area (TPSA) is 42.0 Å². The van der Waals surface area contributed by atoms with E-state index in [1.54, 1.807) is 12.1 Å². The van der Waals surface area contributed by atoms with Crippen molar-refractivity contribution in [3.8, 4) is 11.3 Å². The lowest BCUT2D eigenvalue weighted by Gasteiger charge is -2.03. The fourth-order valence-electron chi connectivity index (χ4n) is 2.52. The highest BCUT2D eigenvalue weighted by atomic mass is 32.1. The van der Waals surface area contributed by atoms with Gasteiger partial charge in [0.25, 0.3) is 0 Å². The molecule has 1 heterocycles. The number of amides is 1. The van der Waals surface area contributed by atoms with Crippen LogP contribution in [0.15, 0.2) is 48.5 Å². The van der Waals surface area contributed by atoms with Gasteiger partial charge in [0.2, 0.25) is 5.91 Å². The first-order valence-corrected chi connectivity index (χ1v) is 8.91. The van der Waals surface area contributed by atoms with Gasteiger partial charge in [0.15, 0.2) is 5.13 Å². The van der Waals surface area contributed by atoms with Crippen molar-refractivity contribution in [1.29, 1.82) is 0 Å². The van der Waals surface area contributed by atoms with Gasteiger partial charge >= 0.3 is 0 Å². The summed E-state index contributed by atoms with van der Waals surface area (Å²) in [6, 6.07) is 14.4. The monoisotopic (exact) mass is 354 g/mol. The van der Waals surface area contributed by atoms with Crippen LogP contribution in [0.2, 0.25) is 0 Å². The summed E-state index contributed by atoms with van der Waals surface area (Å²) in [4.78, 5) is 17.6. The molecule has 128 valence electrons. The molecule has 1 amide bonds. The Morgan fingerprint density at radius 3 is 2.44 bits per heavy atom. The molecular weight excluding hydrogens is 335 g/mol. The van der Waals surface area contributed by atoms with Crippen LogP contribution in [0, 0.1) is 19.7 Å². The highest BCUT2D eigenvalue weighted by molar-refractivity contribution is 7.16. The summed E-state index contributed by atoms with van der Waals surface area (Å²) in [5.41, 5.74) is 3.97. The molecule has 0 aliphatic carbocycles. The van der Waals surface area contributed by atoms with Crippen molar-refractivity contribution < 1.29 is 9.18 Å². The van der Waals surface area contributed by atoms with Gasteiger partial charge in [-0.25, -0.2) is 9.37 Å². The highest BCUT2D eigenvalue weighted by Gasteiger charge is 2.12. The lowest BCUT2D eigenvalue weighted by atomic mass is 10.1. The number of hydrogen-bond acceptors (Lipinski definition) is 3. The molecule has 0 spiro atoms. The van der Waals surface area contributed by atoms with Gasteiger partial charge in [-0.05, 0) is 50.1 Å². The third kappa shape index (κ3) is 4.51. The average molecular weight is 354 g/mol. The SMILES string of the molecule is Cc1ccc(CCC(=O)Nc2nc(-c3ccc(F)cc3)c(C)s2)cc1. The Morgan fingerprint density at radius 2 is 1.76 bits per heavy atom. The molecule has 2 aromatic carbocycles. The van der Waals surface area contributed by atoms with Crippen LogP contribution in [0.3, 0.4) is 0 Å². The van der Waals surface area contributed by atoms with Crippen LogP contribution < -0.4 is 5.32 Å². The molecule has 3 nitrogen and oxygen atoms in total. The first-order chi connectivity index (χ1) is 12.0. The van der Waals surface area contributed by atoms with Crippen LogP contribution in [-0.2, 0) is 11.2 Å². The van der Waals surface area contributed by atoms with Gasteiger partial charge in [-0.1, -0.05) is 29.8 Å². The molecule has 3 rings (SSSR count). The summed E-state index contributed by atoms with van der Waals surface area (Å²) in [7, 11) is 0. The number of hydrogen-bond donors (Lipinski definition) is 1. The Kier molecular flexibility index (Phi) is 5.24. The van der Waals surface area contributed by atoms with E-state index >= 15 is 0 Å². The van der Waals surface area contributed by atoms with Crippen molar-refractivity contribution in [1.82, 2.24) is 4.98 Å². The van der Waals surface area contributed by atoms with Crippen molar-refractivity contribution in [2.45, 2.75) is 26.7 Å². The minimum Gasteiger partial charge on any atom is -0.302 e. The van der Waals surface area contributed by atoms with Crippen molar-refractivity contribution >= 4 is 22.4 Å². The molecular formula is C20H19FN2OS. The van der Waals surface area contributed by atoms with E-state index in [1.807, 2.05) is 38.1 Å². The average Bonchev–Trinajstić information content (AvgIpc) is 2.95. The normalized spacial score (nSPS) is 10.7. The zero-order valence-electron chi connectivity index (χ0n) is 14.2. The quantitative estimate of drug-likeness (QED) is 0.689. The van der Waals surface area contributed by atoms with E-state index < -0.39 is 0 Å². The molecule has 0 atom stereocenters. The van der Waals surface area contributed by atoms with Gasteiger partial charge < -0.3 is 5.32 Å². The van der Waals surface area contributed by atoms with E-state index in [1.165, 1.54) is 29.0 Å². The summed E-state index contributed by atoms with van der Waals surface area (Å²) < 4.78 is 13.1. The van der Waals surface area contributed by atoms with Crippen LogP contribution in [0.5, 0.6) is 0 Å². The van der Waals surface area contributed by atoms with Gasteiger partial charge in [-0.3, -0.25) is 4.79 Å². The minimum atomic E-state index is -0.277. The fraction of sp³-hybridized carbons (Fsp3) is 0.200. The molecule has 1 N–H and O–H groups in total. The zero-order chi connectivity index (χ0) is 17.8. The van der Waals surface area contributed by atoms with Crippen molar-refractivity contribution in [3.05, 3.63) is 70.4 Å². The number of thiazole rings is 1. The first kappa shape index (κ1) is 17.3. The highest BCUT2D eigenvalue weighted by Crippen LogP contribution is 2.30. The molecule has 1 aromatic heterocycles. The molecule has 0 unspecified atom stereocenters. The van der Waals surface area contributed by atoms with Gasteiger partial charge in [-0.2, -0.15) is 0 Å². The third-order valence-electron chi connectivity index (χ3n) is 3.92. The van der Waals surface area contributed by atoms with Crippen LogP contribution in [0.4, 0.5) is 9.52 Å². The number of nitrogens with zero attached hydrogens (tertiary/aromatic N) is 1. The largest absolute Gasteiger partial charge is 0.302 e. The standard InChI is InChI=1S/C20H19FN2OS/c1-13-3-5-15(6-4-13)7-12-18(24)22-20-23-19(14(2)25-20)16-8-10-17(21)11-9-16/h3-6,8-11H,7,12H2,1-2H3,(H,22,23,24). The number of nitrogens with one attached hydrogen (secondary N) is 1. The molecule has 5 heteroatoms. The summed E-state index contributed by atoms with van der Waals surface area (Å²) >= 11 is 1.43. The second-order valence-electron chi connectivity index (χ2n) is 5.96. The maximum absolute atomic E-state index is 13.1. The Balaban J connectivity index is 1.62. The molecule has 0 radical (unpaired) electrons. The van der Waals surface area contributed by atoms with E-state index in [9.17, 15) is 9.18 Å². The molecule has 0 saturated carbocycles. The Morgan fingerprint density at radius 1 is 1.08 bits per heavy atom. The molecule has 25 heavy (non-hydrogen) atoms. The Hall–Kier alpha value is -2.53. The molecule has 0 bridgehead atoms. The Bertz CT molecular complexity index is 870. The van der Waals surface area contributed by atoms with Gasteiger partial charge in [0.05, 0.1) is 5.69 Å². The van der Waals surface area contributed by atoms with Crippen molar-refractivity contribution in [2.75, 3.05) is 5.32 Å². The van der Waals surface area contributed by atoms with E-state index in [0.717, 1.165) is 21.7 Å². The molecule has 3 aromatic rings. The second kappa shape index (κ2) is 7.57. The van der Waals surface area contributed by atoms with Crippen LogP contribution >= 0.6 is 11.3 Å². The molecule has 0 aliphatic rings. The number of aromatic nitrogens is 1. The van der Waals surface area contributed by atoms with E-state index in [0.29, 0.717) is 18.0 Å². The van der Waals surface area contributed by atoms with Crippen LogP contribution in [-0.4, -0.2) is 10.9 Å². The maximum Gasteiger partial charge on any atom is 0.226 e. The first-order valence-electron chi connectivity index (χ1n) is 8.10. The Labute approximate surface area is 150 Å². The summed E-state index contributed by atoms with van der Waals surface area (Å²) in [5.74, 6) is -0.332. The minimum absolute atomic E-state index is 0.0556. The predicted octanol–water partition coefficient (Wildman–Crippen LogP) is 5.14. The van der Waals surface area contributed by atoms with Crippen LogP contribution in [0.25, 0.3) is 11.3 Å². The summed E-state index contributed by atoms with van der Waals surface area (Å²) in [6.45, 7) is 3.98. The number of anilines is 1. The van der Waals surface area contributed by atoms with Gasteiger partial charge in [0, 0.05) is 16.9 Å².